The maximum atomic E-state index is 4.94. The van der Waals surface area contributed by atoms with Gasteiger partial charge in [-0.2, -0.15) is 0 Å². The molecule has 2 heterocycles. The minimum absolute atomic E-state index is 0.998. The van der Waals surface area contributed by atoms with Crippen LogP contribution < -0.4 is 5.32 Å². The molecule has 0 aliphatic carbocycles. The van der Waals surface area contributed by atoms with E-state index in [-0.39, 0.29) is 0 Å². The lowest BCUT2D eigenvalue weighted by Crippen LogP contribution is -1.96. The van der Waals surface area contributed by atoms with Crippen molar-refractivity contribution < 1.29 is 0 Å². The summed E-state index contributed by atoms with van der Waals surface area (Å²) in [7, 11) is 2.08. The Balaban J connectivity index is 1.95. The van der Waals surface area contributed by atoms with Gasteiger partial charge < -0.3 is 9.88 Å². The molecule has 0 bridgehead atoms. The molecule has 0 unspecified atom stereocenters. The third-order valence-corrected chi connectivity index (χ3v) is 4.77. The van der Waals surface area contributed by atoms with Crippen LogP contribution in [-0.2, 0) is 7.05 Å². The Bertz CT molecular complexity index is 1220. The topological polar surface area (TPSA) is 29.9 Å². The van der Waals surface area contributed by atoms with Crippen molar-refractivity contribution in [2.45, 2.75) is 0 Å². The van der Waals surface area contributed by atoms with E-state index in [4.69, 9.17) is 4.98 Å². The highest BCUT2D eigenvalue weighted by Gasteiger charge is 2.16. The van der Waals surface area contributed by atoms with Gasteiger partial charge in [0.05, 0.1) is 22.1 Å². The molecule has 0 spiro atoms. The standard InChI is InChI=1S/C22H17N3/c1-25-19-14-8-6-12-17(19)20-21(23-15-9-3-2-4-10-15)16-11-5-7-13-18(16)24-22(20)25/h2-14H,1H3,(H,23,24). The van der Waals surface area contributed by atoms with E-state index in [0.717, 1.165) is 27.9 Å². The quantitative estimate of drug-likeness (QED) is 0.457. The second-order valence-corrected chi connectivity index (χ2v) is 6.27. The average Bonchev–Trinajstić information content (AvgIpc) is 2.95. The molecule has 3 heteroatoms. The van der Waals surface area contributed by atoms with Crippen LogP contribution >= 0.6 is 0 Å². The van der Waals surface area contributed by atoms with E-state index in [0.29, 0.717) is 0 Å². The molecule has 120 valence electrons. The average molecular weight is 323 g/mol. The maximum absolute atomic E-state index is 4.94. The summed E-state index contributed by atoms with van der Waals surface area (Å²) in [6, 6.07) is 27.1. The Morgan fingerprint density at radius 3 is 2.28 bits per heavy atom. The van der Waals surface area contributed by atoms with Crippen LogP contribution in [0, 0.1) is 0 Å². The van der Waals surface area contributed by atoms with Gasteiger partial charge in [-0.3, -0.25) is 0 Å². The van der Waals surface area contributed by atoms with Crippen molar-refractivity contribution in [3.8, 4) is 0 Å². The van der Waals surface area contributed by atoms with Gasteiger partial charge in [0.25, 0.3) is 0 Å². The lowest BCUT2D eigenvalue weighted by molar-refractivity contribution is 0.994. The minimum atomic E-state index is 0.998. The summed E-state index contributed by atoms with van der Waals surface area (Å²) in [6.07, 6.45) is 0. The molecule has 25 heavy (non-hydrogen) atoms. The van der Waals surface area contributed by atoms with E-state index in [1.807, 2.05) is 24.3 Å². The van der Waals surface area contributed by atoms with E-state index in [2.05, 4.69) is 71.5 Å². The SMILES string of the molecule is Cn1c2ccccc2c2c(Nc3ccccc3)c3ccccc3nc21. The van der Waals surface area contributed by atoms with Crippen molar-refractivity contribution in [3.05, 3.63) is 78.9 Å². The van der Waals surface area contributed by atoms with E-state index < -0.39 is 0 Å². The smallest absolute Gasteiger partial charge is 0.143 e. The van der Waals surface area contributed by atoms with Crippen molar-refractivity contribution in [1.29, 1.82) is 0 Å². The Labute approximate surface area is 145 Å². The summed E-state index contributed by atoms with van der Waals surface area (Å²) in [4.78, 5) is 4.94. The Morgan fingerprint density at radius 1 is 0.760 bits per heavy atom. The summed E-state index contributed by atoms with van der Waals surface area (Å²) in [5, 5.41) is 7.16. The van der Waals surface area contributed by atoms with Crippen molar-refractivity contribution >= 4 is 44.2 Å². The van der Waals surface area contributed by atoms with Crippen LogP contribution in [0.1, 0.15) is 0 Å². The van der Waals surface area contributed by atoms with Crippen LogP contribution in [0.3, 0.4) is 0 Å². The first-order chi connectivity index (χ1) is 12.3. The molecule has 5 rings (SSSR count). The highest BCUT2D eigenvalue weighted by atomic mass is 15.0. The highest BCUT2D eigenvalue weighted by Crippen LogP contribution is 2.38. The summed E-state index contributed by atoms with van der Waals surface area (Å²) >= 11 is 0. The molecule has 0 fully saturated rings. The van der Waals surface area contributed by atoms with Gasteiger partial charge in [-0.15, -0.1) is 0 Å². The fraction of sp³-hybridized carbons (Fsp3) is 0.0455. The zero-order chi connectivity index (χ0) is 16.8. The van der Waals surface area contributed by atoms with E-state index in [1.165, 1.54) is 16.3 Å². The number of hydrogen-bond donors (Lipinski definition) is 1. The van der Waals surface area contributed by atoms with Crippen LogP contribution in [0.4, 0.5) is 11.4 Å². The largest absolute Gasteiger partial charge is 0.354 e. The Morgan fingerprint density at radius 2 is 1.44 bits per heavy atom. The third kappa shape index (κ3) is 2.09. The van der Waals surface area contributed by atoms with Crippen LogP contribution in [0.2, 0.25) is 0 Å². The Hall–Kier alpha value is -3.33. The number of pyridine rings is 1. The number of aromatic nitrogens is 2. The highest BCUT2D eigenvalue weighted by molar-refractivity contribution is 6.19. The van der Waals surface area contributed by atoms with Gasteiger partial charge in [0, 0.05) is 23.5 Å². The van der Waals surface area contributed by atoms with Gasteiger partial charge in [0.1, 0.15) is 5.65 Å². The molecule has 3 aromatic carbocycles. The van der Waals surface area contributed by atoms with Gasteiger partial charge in [0.15, 0.2) is 0 Å². The molecule has 0 saturated heterocycles. The van der Waals surface area contributed by atoms with Crippen LogP contribution in [0.15, 0.2) is 78.9 Å². The van der Waals surface area contributed by atoms with E-state index in [1.54, 1.807) is 0 Å². The van der Waals surface area contributed by atoms with Crippen LogP contribution in [-0.4, -0.2) is 9.55 Å². The predicted octanol–water partition coefficient (Wildman–Crippen LogP) is 5.62. The molecule has 0 saturated carbocycles. The van der Waals surface area contributed by atoms with Crippen molar-refractivity contribution in [3.63, 3.8) is 0 Å². The van der Waals surface area contributed by atoms with Crippen LogP contribution in [0.5, 0.6) is 0 Å². The van der Waals surface area contributed by atoms with Gasteiger partial charge in [-0.1, -0.05) is 54.6 Å². The summed E-state index contributed by atoms with van der Waals surface area (Å²) in [5.41, 5.74) is 5.38. The van der Waals surface area contributed by atoms with Gasteiger partial charge in [-0.05, 0) is 24.3 Å². The van der Waals surface area contributed by atoms with Gasteiger partial charge in [0.2, 0.25) is 0 Å². The normalized spacial score (nSPS) is 11.4. The third-order valence-electron chi connectivity index (χ3n) is 4.77. The van der Waals surface area contributed by atoms with Gasteiger partial charge >= 0.3 is 0 Å². The predicted molar refractivity (Wildman–Crippen MR) is 105 cm³/mol. The van der Waals surface area contributed by atoms with E-state index in [9.17, 15) is 0 Å². The first kappa shape index (κ1) is 14.1. The maximum Gasteiger partial charge on any atom is 0.143 e. The monoisotopic (exact) mass is 323 g/mol. The molecule has 0 amide bonds. The molecule has 0 atom stereocenters. The molecule has 0 radical (unpaired) electrons. The minimum Gasteiger partial charge on any atom is -0.354 e. The number of para-hydroxylation sites is 3. The molecule has 1 N–H and O–H groups in total. The van der Waals surface area contributed by atoms with Crippen molar-refractivity contribution in [2.75, 3.05) is 5.32 Å². The fourth-order valence-electron chi connectivity index (χ4n) is 3.58. The number of nitrogens with zero attached hydrogens (tertiary/aromatic N) is 2. The summed E-state index contributed by atoms with van der Waals surface area (Å²) in [5.74, 6) is 0. The molecule has 0 aliphatic heterocycles. The number of nitrogens with one attached hydrogen (secondary N) is 1. The first-order valence-corrected chi connectivity index (χ1v) is 8.41. The van der Waals surface area contributed by atoms with Crippen LogP contribution in [0.25, 0.3) is 32.8 Å². The van der Waals surface area contributed by atoms with Gasteiger partial charge in [-0.25, -0.2) is 4.98 Å². The molecular weight excluding hydrogens is 306 g/mol. The summed E-state index contributed by atoms with van der Waals surface area (Å²) < 4.78 is 2.17. The summed E-state index contributed by atoms with van der Waals surface area (Å²) in [6.45, 7) is 0. The molecular formula is C22H17N3. The molecule has 0 aliphatic rings. The fourth-order valence-corrected chi connectivity index (χ4v) is 3.58. The lowest BCUT2D eigenvalue weighted by Gasteiger charge is -2.12. The molecule has 5 aromatic rings. The van der Waals surface area contributed by atoms with Crippen molar-refractivity contribution in [1.82, 2.24) is 9.55 Å². The zero-order valence-electron chi connectivity index (χ0n) is 13.9. The van der Waals surface area contributed by atoms with E-state index >= 15 is 0 Å². The van der Waals surface area contributed by atoms with Crippen molar-refractivity contribution in [2.24, 2.45) is 7.05 Å². The number of hydrogen-bond acceptors (Lipinski definition) is 2. The first-order valence-electron chi connectivity index (χ1n) is 8.41. The number of anilines is 2. The number of benzene rings is 3. The number of fused-ring (bicyclic) bond motifs is 4. The number of rotatable bonds is 2. The second kappa shape index (κ2) is 5.35. The lowest BCUT2D eigenvalue weighted by atomic mass is 10.1. The molecule has 2 aromatic heterocycles. The Kier molecular flexibility index (Phi) is 3.01. The zero-order valence-corrected chi connectivity index (χ0v) is 13.9. The number of aryl methyl sites for hydroxylation is 1. The second-order valence-electron chi connectivity index (χ2n) is 6.27. The molecule has 3 nitrogen and oxygen atoms in total.